The average molecular weight is 363 g/mol. The van der Waals surface area contributed by atoms with E-state index in [-0.39, 0.29) is 16.6 Å². The predicted molar refractivity (Wildman–Crippen MR) is 99.6 cm³/mol. The zero-order valence-corrected chi connectivity index (χ0v) is 14.2. The van der Waals surface area contributed by atoms with Gasteiger partial charge in [0.15, 0.2) is 0 Å². The highest BCUT2D eigenvalue weighted by Gasteiger charge is 2.15. The smallest absolute Gasteiger partial charge is 0.259 e. The highest BCUT2D eigenvalue weighted by atomic mass is 19.1. The third-order valence-electron chi connectivity index (χ3n) is 3.95. The maximum absolute atomic E-state index is 14.4. The SMILES string of the molecule is COc1cncc(-c2cc3c(F)c[nH]c(=O)c3c(Nc3ccccc3)n2)n1. The summed E-state index contributed by atoms with van der Waals surface area (Å²) in [6.07, 6.45) is 3.98. The van der Waals surface area contributed by atoms with E-state index in [9.17, 15) is 9.18 Å². The first-order chi connectivity index (χ1) is 13.2. The Kier molecular flexibility index (Phi) is 4.21. The first-order valence-electron chi connectivity index (χ1n) is 8.06. The molecule has 7 nitrogen and oxygen atoms in total. The van der Waals surface area contributed by atoms with Gasteiger partial charge in [-0.15, -0.1) is 0 Å². The summed E-state index contributed by atoms with van der Waals surface area (Å²) in [5.74, 6) is -0.0439. The fourth-order valence-corrected chi connectivity index (χ4v) is 2.69. The van der Waals surface area contributed by atoms with Gasteiger partial charge in [0.2, 0.25) is 5.88 Å². The van der Waals surface area contributed by atoms with Crippen LogP contribution in [0.4, 0.5) is 15.9 Å². The Labute approximate surface area is 152 Å². The van der Waals surface area contributed by atoms with E-state index in [0.29, 0.717) is 23.0 Å². The van der Waals surface area contributed by atoms with Crippen molar-refractivity contribution in [1.29, 1.82) is 0 Å². The van der Waals surface area contributed by atoms with E-state index in [1.165, 1.54) is 25.6 Å². The van der Waals surface area contributed by atoms with Gasteiger partial charge < -0.3 is 15.0 Å². The minimum atomic E-state index is -0.569. The van der Waals surface area contributed by atoms with Crippen LogP contribution in [0.15, 0.2) is 59.8 Å². The zero-order valence-electron chi connectivity index (χ0n) is 14.2. The molecule has 134 valence electrons. The van der Waals surface area contributed by atoms with Crippen LogP contribution in [-0.4, -0.2) is 27.0 Å². The summed E-state index contributed by atoms with van der Waals surface area (Å²) in [7, 11) is 1.48. The number of ether oxygens (including phenoxy) is 1. The maximum atomic E-state index is 14.4. The van der Waals surface area contributed by atoms with Crippen molar-refractivity contribution in [3.8, 4) is 17.3 Å². The standard InChI is InChI=1S/C19H14FN5O2/c1-27-16-10-21-9-15(24-16)14-7-12-13(20)8-22-19(26)17(12)18(25-14)23-11-5-3-2-4-6-11/h2-10H,1H3,(H,22,26)(H,23,25). The van der Waals surface area contributed by atoms with Gasteiger partial charge >= 0.3 is 0 Å². The minimum absolute atomic E-state index is 0.124. The van der Waals surface area contributed by atoms with Crippen LogP contribution >= 0.6 is 0 Å². The highest BCUT2D eigenvalue weighted by molar-refractivity contribution is 5.95. The molecule has 0 aliphatic heterocycles. The number of hydrogen-bond acceptors (Lipinski definition) is 6. The molecule has 3 heterocycles. The van der Waals surface area contributed by atoms with Gasteiger partial charge in [0.25, 0.3) is 5.56 Å². The molecule has 3 aromatic heterocycles. The number of aromatic nitrogens is 4. The van der Waals surface area contributed by atoms with E-state index in [1.807, 2.05) is 30.3 Å². The van der Waals surface area contributed by atoms with Gasteiger partial charge in [-0.25, -0.2) is 14.4 Å². The zero-order chi connectivity index (χ0) is 18.8. The van der Waals surface area contributed by atoms with Gasteiger partial charge in [-0.1, -0.05) is 18.2 Å². The van der Waals surface area contributed by atoms with Gasteiger partial charge in [-0.2, -0.15) is 0 Å². The van der Waals surface area contributed by atoms with Crippen molar-refractivity contribution in [2.45, 2.75) is 0 Å². The molecule has 0 aliphatic carbocycles. The number of pyridine rings is 2. The van der Waals surface area contributed by atoms with E-state index < -0.39 is 11.4 Å². The van der Waals surface area contributed by atoms with Crippen LogP contribution in [0.5, 0.6) is 5.88 Å². The molecule has 0 bridgehead atoms. The van der Waals surface area contributed by atoms with Gasteiger partial charge in [-0.05, 0) is 18.2 Å². The Balaban J connectivity index is 1.96. The lowest BCUT2D eigenvalue weighted by molar-refractivity contribution is 0.396. The molecule has 0 saturated heterocycles. The summed E-state index contributed by atoms with van der Waals surface area (Å²) in [5.41, 5.74) is 1.02. The molecule has 4 rings (SSSR count). The molecule has 0 radical (unpaired) electrons. The summed E-state index contributed by atoms with van der Waals surface area (Å²) in [6, 6.07) is 10.7. The monoisotopic (exact) mass is 363 g/mol. The summed E-state index contributed by atoms with van der Waals surface area (Å²) < 4.78 is 19.5. The molecule has 4 aromatic rings. The number of nitrogens with zero attached hydrogens (tertiary/aromatic N) is 3. The van der Waals surface area contributed by atoms with Crippen molar-refractivity contribution >= 4 is 22.3 Å². The predicted octanol–water partition coefficient (Wildman–Crippen LogP) is 3.27. The number of hydrogen-bond donors (Lipinski definition) is 2. The summed E-state index contributed by atoms with van der Waals surface area (Å²) in [5, 5.41) is 3.33. The molecule has 0 spiro atoms. The van der Waals surface area contributed by atoms with Crippen LogP contribution in [-0.2, 0) is 0 Å². The molecule has 2 N–H and O–H groups in total. The van der Waals surface area contributed by atoms with Crippen molar-refractivity contribution in [3.05, 3.63) is 71.2 Å². The van der Waals surface area contributed by atoms with Crippen LogP contribution in [0.2, 0.25) is 0 Å². The van der Waals surface area contributed by atoms with Crippen molar-refractivity contribution in [2.75, 3.05) is 12.4 Å². The lowest BCUT2D eigenvalue weighted by Crippen LogP contribution is -2.11. The quantitative estimate of drug-likeness (QED) is 0.578. The minimum Gasteiger partial charge on any atom is -0.480 e. The number of fused-ring (bicyclic) bond motifs is 1. The molecule has 1 aromatic carbocycles. The number of rotatable bonds is 4. The summed E-state index contributed by atoms with van der Waals surface area (Å²) in [6.45, 7) is 0. The van der Waals surface area contributed by atoms with E-state index >= 15 is 0 Å². The Hall–Kier alpha value is -3.81. The first kappa shape index (κ1) is 16.6. The second-order valence-corrected chi connectivity index (χ2v) is 5.68. The number of benzene rings is 1. The lowest BCUT2D eigenvalue weighted by Gasteiger charge is -2.11. The Morgan fingerprint density at radius 1 is 1.11 bits per heavy atom. The lowest BCUT2D eigenvalue weighted by atomic mass is 10.1. The molecule has 0 atom stereocenters. The molecular weight excluding hydrogens is 349 g/mol. The van der Waals surface area contributed by atoms with E-state index in [1.54, 1.807) is 0 Å². The fraction of sp³-hybridized carbons (Fsp3) is 0.0526. The number of para-hydroxylation sites is 1. The Morgan fingerprint density at radius 2 is 1.93 bits per heavy atom. The van der Waals surface area contributed by atoms with Crippen LogP contribution in [0.3, 0.4) is 0 Å². The molecular formula is C19H14FN5O2. The second kappa shape index (κ2) is 6.83. The molecule has 27 heavy (non-hydrogen) atoms. The van der Waals surface area contributed by atoms with Gasteiger partial charge in [0, 0.05) is 17.3 Å². The molecule has 8 heteroatoms. The highest BCUT2D eigenvalue weighted by Crippen LogP contribution is 2.28. The number of methoxy groups -OCH3 is 1. The topological polar surface area (TPSA) is 92.8 Å². The maximum Gasteiger partial charge on any atom is 0.259 e. The van der Waals surface area contributed by atoms with E-state index in [0.717, 1.165) is 6.20 Å². The first-order valence-corrected chi connectivity index (χ1v) is 8.06. The van der Waals surface area contributed by atoms with Gasteiger partial charge in [0.1, 0.15) is 17.3 Å². The summed E-state index contributed by atoms with van der Waals surface area (Å²) >= 11 is 0. The molecule has 0 aliphatic rings. The second-order valence-electron chi connectivity index (χ2n) is 5.68. The number of anilines is 2. The van der Waals surface area contributed by atoms with Crippen LogP contribution in [0, 0.1) is 5.82 Å². The Morgan fingerprint density at radius 3 is 2.70 bits per heavy atom. The van der Waals surface area contributed by atoms with Crippen LogP contribution < -0.4 is 15.6 Å². The number of halogens is 1. The van der Waals surface area contributed by atoms with Crippen LogP contribution in [0.1, 0.15) is 0 Å². The summed E-state index contributed by atoms with van der Waals surface area (Å²) in [4.78, 5) is 27.6. The molecule has 0 amide bonds. The van der Waals surface area contributed by atoms with E-state index in [4.69, 9.17) is 4.74 Å². The number of aromatic amines is 1. The van der Waals surface area contributed by atoms with Crippen molar-refractivity contribution in [1.82, 2.24) is 19.9 Å². The van der Waals surface area contributed by atoms with Crippen molar-refractivity contribution in [2.24, 2.45) is 0 Å². The van der Waals surface area contributed by atoms with Crippen molar-refractivity contribution in [3.63, 3.8) is 0 Å². The van der Waals surface area contributed by atoms with E-state index in [2.05, 4.69) is 25.3 Å². The molecule has 0 fully saturated rings. The molecule has 0 unspecified atom stereocenters. The number of H-pyrrole nitrogens is 1. The third-order valence-corrected chi connectivity index (χ3v) is 3.95. The third kappa shape index (κ3) is 3.20. The fourth-order valence-electron chi connectivity index (χ4n) is 2.69. The van der Waals surface area contributed by atoms with Gasteiger partial charge in [-0.3, -0.25) is 9.78 Å². The Bertz CT molecular complexity index is 1180. The largest absolute Gasteiger partial charge is 0.480 e. The van der Waals surface area contributed by atoms with Crippen LogP contribution in [0.25, 0.3) is 22.2 Å². The van der Waals surface area contributed by atoms with Crippen molar-refractivity contribution < 1.29 is 9.13 Å². The normalized spacial score (nSPS) is 10.7. The van der Waals surface area contributed by atoms with Gasteiger partial charge in [0.05, 0.1) is 30.6 Å². The average Bonchev–Trinajstić information content (AvgIpc) is 2.71. The molecule has 0 saturated carbocycles. The number of nitrogens with one attached hydrogen (secondary N) is 2.